The van der Waals surface area contributed by atoms with Crippen molar-refractivity contribution < 1.29 is 13.2 Å². The molecular formula is C11H19N3O3S. The van der Waals surface area contributed by atoms with E-state index in [1.54, 1.807) is 12.1 Å². The first-order valence-electron chi connectivity index (χ1n) is 5.78. The Bertz CT molecular complexity index is 445. The van der Waals surface area contributed by atoms with E-state index < -0.39 is 10.0 Å². The molecule has 0 fully saturated rings. The Morgan fingerprint density at radius 1 is 1.39 bits per heavy atom. The molecule has 1 aromatic heterocycles. The second-order valence-electron chi connectivity index (χ2n) is 3.72. The predicted octanol–water partition coefficient (Wildman–Crippen LogP) is 0.831. The van der Waals surface area contributed by atoms with Gasteiger partial charge in [0.05, 0.1) is 24.7 Å². The Kier molecular flexibility index (Phi) is 5.87. The zero-order valence-electron chi connectivity index (χ0n) is 10.6. The molecule has 0 bridgehead atoms. The average molecular weight is 273 g/mol. The summed E-state index contributed by atoms with van der Waals surface area (Å²) in [5.41, 5.74) is 0.444. The zero-order chi connectivity index (χ0) is 13.4. The fourth-order valence-electron chi connectivity index (χ4n) is 1.36. The van der Waals surface area contributed by atoms with Gasteiger partial charge in [0.1, 0.15) is 0 Å². The molecule has 0 aliphatic heterocycles. The molecule has 0 atom stereocenters. The Morgan fingerprint density at radius 3 is 2.72 bits per heavy atom. The van der Waals surface area contributed by atoms with Crippen LogP contribution in [0.15, 0.2) is 18.3 Å². The van der Waals surface area contributed by atoms with Gasteiger partial charge < -0.3 is 10.1 Å². The van der Waals surface area contributed by atoms with Crippen molar-refractivity contribution in [2.45, 2.75) is 13.3 Å². The number of nitrogens with one attached hydrogen (secondary N) is 2. The molecule has 0 aromatic carbocycles. The third-order valence-electron chi connectivity index (χ3n) is 2.24. The van der Waals surface area contributed by atoms with Crippen molar-refractivity contribution in [1.29, 1.82) is 0 Å². The highest BCUT2D eigenvalue weighted by molar-refractivity contribution is 7.92. The largest absolute Gasteiger partial charge is 0.481 e. The molecule has 1 heterocycles. The van der Waals surface area contributed by atoms with Crippen molar-refractivity contribution in [1.82, 2.24) is 10.3 Å². The monoisotopic (exact) mass is 273 g/mol. The average Bonchev–Trinajstić information content (AvgIpc) is 2.35. The van der Waals surface area contributed by atoms with Crippen molar-refractivity contribution in [3.8, 4) is 5.88 Å². The molecule has 0 spiro atoms. The van der Waals surface area contributed by atoms with E-state index in [1.165, 1.54) is 13.3 Å². The molecule has 0 amide bonds. The molecule has 2 N–H and O–H groups in total. The molecule has 1 rings (SSSR count). The van der Waals surface area contributed by atoms with Crippen LogP contribution in [0.5, 0.6) is 5.88 Å². The van der Waals surface area contributed by atoms with Crippen molar-refractivity contribution in [3.05, 3.63) is 18.3 Å². The summed E-state index contributed by atoms with van der Waals surface area (Å²) in [6, 6.07) is 3.23. The number of hydrogen-bond acceptors (Lipinski definition) is 5. The number of rotatable bonds is 8. The SMILES string of the molecule is CCNCCCS(=O)(=O)Nc1ccc(OC)nc1. The molecule has 0 aliphatic rings. The third kappa shape index (κ3) is 5.33. The van der Waals surface area contributed by atoms with Crippen LogP contribution in [-0.2, 0) is 10.0 Å². The summed E-state index contributed by atoms with van der Waals surface area (Å²) in [6.45, 7) is 3.52. The lowest BCUT2D eigenvalue weighted by Crippen LogP contribution is -2.21. The van der Waals surface area contributed by atoms with Gasteiger partial charge in [-0.25, -0.2) is 13.4 Å². The molecule has 0 unspecified atom stereocenters. The quantitative estimate of drug-likeness (QED) is 0.686. The van der Waals surface area contributed by atoms with Crippen LogP contribution in [0.3, 0.4) is 0 Å². The fourth-order valence-corrected chi connectivity index (χ4v) is 2.46. The number of nitrogens with zero attached hydrogens (tertiary/aromatic N) is 1. The standard InChI is InChI=1S/C11H19N3O3S/c1-3-12-7-4-8-18(15,16)14-10-5-6-11(17-2)13-9-10/h5-6,9,12,14H,3-4,7-8H2,1-2H3. The highest BCUT2D eigenvalue weighted by Gasteiger charge is 2.10. The van der Waals surface area contributed by atoms with Crippen LogP contribution in [0, 0.1) is 0 Å². The van der Waals surface area contributed by atoms with Crippen LogP contribution in [0.1, 0.15) is 13.3 Å². The maximum atomic E-state index is 11.7. The van der Waals surface area contributed by atoms with Crippen LogP contribution in [0.2, 0.25) is 0 Å². The summed E-state index contributed by atoms with van der Waals surface area (Å²) in [7, 11) is -1.80. The number of aromatic nitrogens is 1. The number of sulfonamides is 1. The van der Waals surface area contributed by atoms with Gasteiger partial charge in [0.15, 0.2) is 0 Å². The van der Waals surface area contributed by atoms with E-state index >= 15 is 0 Å². The topological polar surface area (TPSA) is 80.3 Å². The second-order valence-corrected chi connectivity index (χ2v) is 5.56. The minimum Gasteiger partial charge on any atom is -0.481 e. The number of ether oxygens (including phenoxy) is 1. The summed E-state index contributed by atoms with van der Waals surface area (Å²) in [5.74, 6) is 0.538. The molecule has 1 aromatic rings. The van der Waals surface area contributed by atoms with Gasteiger partial charge in [-0.3, -0.25) is 4.72 Å². The minimum absolute atomic E-state index is 0.0893. The van der Waals surface area contributed by atoms with E-state index in [1.807, 2.05) is 6.92 Å². The van der Waals surface area contributed by atoms with Gasteiger partial charge in [-0.15, -0.1) is 0 Å². The van der Waals surface area contributed by atoms with E-state index in [2.05, 4.69) is 15.0 Å². The molecule has 0 saturated carbocycles. The first-order chi connectivity index (χ1) is 8.57. The predicted molar refractivity (Wildman–Crippen MR) is 71.4 cm³/mol. The molecule has 0 aliphatic carbocycles. The number of anilines is 1. The number of methoxy groups -OCH3 is 1. The minimum atomic E-state index is -3.31. The lowest BCUT2D eigenvalue weighted by atomic mass is 10.4. The second kappa shape index (κ2) is 7.17. The van der Waals surface area contributed by atoms with Crippen LogP contribution in [0.4, 0.5) is 5.69 Å². The maximum Gasteiger partial charge on any atom is 0.232 e. The van der Waals surface area contributed by atoms with Crippen LogP contribution < -0.4 is 14.8 Å². The highest BCUT2D eigenvalue weighted by atomic mass is 32.2. The normalized spacial score (nSPS) is 11.2. The van der Waals surface area contributed by atoms with E-state index in [9.17, 15) is 8.42 Å². The number of hydrogen-bond donors (Lipinski definition) is 2. The molecule has 0 saturated heterocycles. The molecule has 6 nitrogen and oxygen atoms in total. The van der Waals surface area contributed by atoms with Crippen LogP contribution in [-0.4, -0.2) is 39.4 Å². The van der Waals surface area contributed by atoms with Gasteiger partial charge in [-0.1, -0.05) is 6.92 Å². The smallest absolute Gasteiger partial charge is 0.232 e. The lowest BCUT2D eigenvalue weighted by molar-refractivity contribution is 0.398. The summed E-state index contributed by atoms with van der Waals surface area (Å²) < 4.78 is 30.8. The van der Waals surface area contributed by atoms with Gasteiger partial charge >= 0.3 is 0 Å². The van der Waals surface area contributed by atoms with E-state index in [-0.39, 0.29) is 5.75 Å². The van der Waals surface area contributed by atoms with Gasteiger partial charge in [0.25, 0.3) is 0 Å². The Hall–Kier alpha value is -1.34. The Morgan fingerprint density at radius 2 is 2.17 bits per heavy atom. The van der Waals surface area contributed by atoms with Gasteiger partial charge in [0, 0.05) is 6.07 Å². The van der Waals surface area contributed by atoms with Gasteiger partial charge in [-0.05, 0) is 25.6 Å². The van der Waals surface area contributed by atoms with E-state index in [0.29, 0.717) is 24.5 Å². The Labute approximate surface area is 108 Å². The zero-order valence-corrected chi connectivity index (χ0v) is 11.5. The van der Waals surface area contributed by atoms with E-state index in [0.717, 1.165) is 6.54 Å². The van der Waals surface area contributed by atoms with Crippen molar-refractivity contribution >= 4 is 15.7 Å². The van der Waals surface area contributed by atoms with E-state index in [4.69, 9.17) is 4.74 Å². The summed E-state index contributed by atoms with van der Waals surface area (Å²) in [6.07, 6.45) is 2.01. The van der Waals surface area contributed by atoms with Gasteiger partial charge in [-0.2, -0.15) is 0 Å². The lowest BCUT2D eigenvalue weighted by Gasteiger charge is -2.08. The fraction of sp³-hybridized carbons (Fsp3) is 0.545. The van der Waals surface area contributed by atoms with Crippen molar-refractivity contribution in [3.63, 3.8) is 0 Å². The summed E-state index contributed by atoms with van der Waals surface area (Å²) in [5, 5.41) is 3.08. The highest BCUT2D eigenvalue weighted by Crippen LogP contribution is 2.12. The molecular weight excluding hydrogens is 254 g/mol. The van der Waals surface area contributed by atoms with Crippen molar-refractivity contribution in [2.75, 3.05) is 30.7 Å². The molecule has 0 radical (unpaired) electrons. The maximum absolute atomic E-state index is 11.7. The third-order valence-corrected chi connectivity index (χ3v) is 3.61. The van der Waals surface area contributed by atoms with Crippen LogP contribution in [0.25, 0.3) is 0 Å². The first kappa shape index (κ1) is 14.7. The molecule has 102 valence electrons. The summed E-state index contributed by atoms with van der Waals surface area (Å²) >= 11 is 0. The molecule has 18 heavy (non-hydrogen) atoms. The molecule has 7 heteroatoms. The van der Waals surface area contributed by atoms with Gasteiger partial charge in [0.2, 0.25) is 15.9 Å². The number of pyridine rings is 1. The van der Waals surface area contributed by atoms with Crippen molar-refractivity contribution in [2.24, 2.45) is 0 Å². The first-order valence-corrected chi connectivity index (χ1v) is 7.44. The van der Waals surface area contributed by atoms with Crippen LogP contribution >= 0.6 is 0 Å². The Balaban J connectivity index is 2.48. The summed E-state index contributed by atoms with van der Waals surface area (Å²) in [4.78, 5) is 3.93.